The number of nitrogens with zero attached hydrogens (tertiary/aromatic N) is 2. The fourth-order valence-corrected chi connectivity index (χ4v) is 6.92. The molecule has 40 heavy (non-hydrogen) atoms. The maximum atomic E-state index is 14.9. The number of hydrogen-bond acceptors (Lipinski definition) is 8. The summed E-state index contributed by atoms with van der Waals surface area (Å²) in [6.45, 7) is 6.42. The third-order valence-electron chi connectivity index (χ3n) is 7.12. The second kappa shape index (κ2) is 10.8. The first kappa shape index (κ1) is 26.6. The van der Waals surface area contributed by atoms with Crippen LogP contribution in [0.4, 0.5) is 20.2 Å². The second-order valence-electron chi connectivity index (χ2n) is 9.79. The molecule has 0 spiro atoms. The van der Waals surface area contributed by atoms with Gasteiger partial charge in [0, 0.05) is 60.1 Å². The molecular weight excluding hydrogens is 554 g/mol. The lowest BCUT2D eigenvalue weighted by Crippen LogP contribution is -2.22. The standard InChI is InChI=1S/C28H26F2N6O2S2/c1-13-17(7-15(29)9-21(13)33-25(37)27-35-19-3-5-31-11-23(19)39-27)18-8-16(30)10-22(14(18)2)34-26(38)28-36-20-4-6-32-12-24(20)40-28/h7-10,31-32H,3-6,11-12H2,1-2H3,(H,33,37)(H,34,38). The number of hydrogen-bond donors (Lipinski definition) is 4. The summed E-state index contributed by atoms with van der Waals surface area (Å²) in [4.78, 5) is 37.0. The molecule has 0 aliphatic carbocycles. The molecule has 2 aliphatic rings. The summed E-state index contributed by atoms with van der Waals surface area (Å²) in [6, 6.07) is 5.08. The molecule has 0 radical (unpaired) electrons. The number of thiazole rings is 2. The predicted molar refractivity (Wildman–Crippen MR) is 152 cm³/mol. The van der Waals surface area contributed by atoms with Crippen LogP contribution >= 0.6 is 22.7 Å². The number of nitrogens with one attached hydrogen (secondary N) is 4. The Kier molecular flexibility index (Phi) is 7.17. The normalized spacial score (nSPS) is 14.4. The number of carbonyl (C=O) groups excluding carboxylic acids is 2. The van der Waals surface area contributed by atoms with Gasteiger partial charge in [0.1, 0.15) is 11.6 Å². The third kappa shape index (κ3) is 5.15. The summed E-state index contributed by atoms with van der Waals surface area (Å²) >= 11 is 2.63. The van der Waals surface area contributed by atoms with Crippen LogP contribution in [0.5, 0.6) is 0 Å². The van der Waals surface area contributed by atoms with Gasteiger partial charge >= 0.3 is 0 Å². The highest BCUT2D eigenvalue weighted by Gasteiger charge is 2.23. The van der Waals surface area contributed by atoms with Gasteiger partial charge < -0.3 is 21.3 Å². The van der Waals surface area contributed by atoms with E-state index >= 15 is 0 Å². The van der Waals surface area contributed by atoms with E-state index in [1.165, 1.54) is 46.9 Å². The lowest BCUT2D eigenvalue weighted by Gasteiger charge is -2.17. The van der Waals surface area contributed by atoms with E-state index in [9.17, 15) is 18.4 Å². The SMILES string of the molecule is Cc1c(NC(=O)c2nc3c(s2)CNCC3)cc(F)cc1-c1cc(F)cc(NC(=O)c2nc3c(s2)CNCC3)c1C. The molecule has 4 aromatic rings. The van der Waals surface area contributed by atoms with Crippen LogP contribution in [0.2, 0.25) is 0 Å². The fourth-order valence-electron chi connectivity index (χ4n) is 4.97. The number of fused-ring (bicyclic) bond motifs is 2. The van der Waals surface area contributed by atoms with Gasteiger partial charge in [-0.3, -0.25) is 9.59 Å². The van der Waals surface area contributed by atoms with Crippen molar-refractivity contribution in [2.45, 2.75) is 39.8 Å². The Hall–Kier alpha value is -3.58. The zero-order chi connectivity index (χ0) is 28.0. The molecular formula is C28H26F2N6O2S2. The van der Waals surface area contributed by atoms with Crippen molar-refractivity contribution in [1.82, 2.24) is 20.6 Å². The minimum Gasteiger partial charge on any atom is -0.320 e. The minimum absolute atomic E-state index is 0.266. The molecule has 2 aliphatic heterocycles. The van der Waals surface area contributed by atoms with E-state index in [1.807, 2.05) is 0 Å². The molecule has 8 nitrogen and oxygen atoms in total. The van der Waals surface area contributed by atoms with E-state index in [4.69, 9.17) is 0 Å². The zero-order valence-electron chi connectivity index (χ0n) is 21.8. The van der Waals surface area contributed by atoms with Crippen LogP contribution in [-0.2, 0) is 25.9 Å². The minimum atomic E-state index is -0.588. The van der Waals surface area contributed by atoms with Gasteiger partial charge in [-0.1, -0.05) is 0 Å². The fraction of sp³-hybridized carbons (Fsp3) is 0.286. The van der Waals surface area contributed by atoms with Gasteiger partial charge in [0.05, 0.1) is 11.4 Å². The smallest absolute Gasteiger partial charge is 0.284 e. The lowest BCUT2D eigenvalue weighted by atomic mass is 9.94. The van der Waals surface area contributed by atoms with E-state index in [1.54, 1.807) is 13.8 Å². The molecule has 12 heteroatoms. The first-order chi connectivity index (χ1) is 19.3. The maximum absolute atomic E-state index is 14.9. The quantitative estimate of drug-likeness (QED) is 0.266. The molecule has 2 amide bonds. The van der Waals surface area contributed by atoms with Crippen molar-refractivity contribution in [3.63, 3.8) is 0 Å². The molecule has 0 fully saturated rings. The van der Waals surface area contributed by atoms with Gasteiger partial charge in [-0.05, 0) is 60.4 Å². The Morgan fingerprint density at radius 3 is 1.57 bits per heavy atom. The molecule has 0 atom stereocenters. The average molecular weight is 581 g/mol. The van der Waals surface area contributed by atoms with Crippen molar-refractivity contribution in [2.75, 3.05) is 23.7 Å². The molecule has 0 saturated heterocycles. The third-order valence-corrected chi connectivity index (χ3v) is 9.32. The predicted octanol–water partition coefficient (Wildman–Crippen LogP) is 4.96. The molecule has 0 unspecified atom stereocenters. The zero-order valence-corrected chi connectivity index (χ0v) is 23.5. The Morgan fingerprint density at radius 2 is 1.18 bits per heavy atom. The molecule has 0 saturated carbocycles. The van der Waals surface area contributed by atoms with Gasteiger partial charge in [-0.25, -0.2) is 18.7 Å². The van der Waals surface area contributed by atoms with Crippen LogP contribution in [-0.4, -0.2) is 34.9 Å². The van der Waals surface area contributed by atoms with E-state index in [0.717, 1.165) is 47.1 Å². The number of benzene rings is 2. The number of halogens is 2. The number of rotatable bonds is 5. The topological polar surface area (TPSA) is 108 Å². The second-order valence-corrected chi connectivity index (χ2v) is 12.0. The van der Waals surface area contributed by atoms with Crippen molar-refractivity contribution in [3.8, 4) is 11.1 Å². The summed E-state index contributed by atoms with van der Waals surface area (Å²) < 4.78 is 29.7. The molecule has 2 aromatic carbocycles. The monoisotopic (exact) mass is 580 g/mol. The number of aromatic nitrogens is 2. The van der Waals surface area contributed by atoms with Crippen LogP contribution in [0.3, 0.4) is 0 Å². The average Bonchev–Trinajstić information content (AvgIpc) is 3.57. The Balaban J connectivity index is 1.29. The van der Waals surface area contributed by atoms with Crippen molar-refractivity contribution in [2.24, 2.45) is 0 Å². The molecule has 6 rings (SSSR count). The summed E-state index contributed by atoms with van der Waals surface area (Å²) in [5, 5.41) is 12.7. The van der Waals surface area contributed by atoms with Gasteiger partial charge in [0.15, 0.2) is 10.0 Å². The number of anilines is 2. The van der Waals surface area contributed by atoms with E-state index < -0.39 is 23.4 Å². The molecule has 2 aromatic heterocycles. The highest BCUT2D eigenvalue weighted by molar-refractivity contribution is 7.14. The van der Waals surface area contributed by atoms with E-state index in [-0.39, 0.29) is 11.4 Å². The van der Waals surface area contributed by atoms with Crippen molar-refractivity contribution in [1.29, 1.82) is 0 Å². The van der Waals surface area contributed by atoms with Crippen molar-refractivity contribution in [3.05, 3.63) is 78.2 Å². The van der Waals surface area contributed by atoms with Crippen LogP contribution in [0.25, 0.3) is 11.1 Å². The van der Waals surface area contributed by atoms with Crippen LogP contribution in [0.15, 0.2) is 24.3 Å². The van der Waals surface area contributed by atoms with Crippen LogP contribution in [0, 0.1) is 25.5 Å². The Bertz CT molecular complexity index is 1500. The summed E-state index contributed by atoms with van der Waals surface area (Å²) in [5.41, 5.74) is 4.27. The highest BCUT2D eigenvalue weighted by atomic mass is 32.1. The maximum Gasteiger partial charge on any atom is 0.284 e. The van der Waals surface area contributed by atoms with Gasteiger partial charge in [0.25, 0.3) is 11.8 Å². The Morgan fingerprint density at radius 1 is 0.750 bits per heavy atom. The van der Waals surface area contributed by atoms with Crippen LogP contribution in [0.1, 0.15) is 51.9 Å². The summed E-state index contributed by atoms with van der Waals surface area (Å²) in [6.07, 6.45) is 1.50. The lowest BCUT2D eigenvalue weighted by molar-refractivity contribution is 0.101. The molecule has 4 heterocycles. The molecule has 4 N–H and O–H groups in total. The van der Waals surface area contributed by atoms with Gasteiger partial charge in [-0.2, -0.15) is 0 Å². The summed E-state index contributed by atoms with van der Waals surface area (Å²) in [5.74, 6) is -2.03. The van der Waals surface area contributed by atoms with E-state index in [0.29, 0.717) is 45.4 Å². The van der Waals surface area contributed by atoms with Crippen LogP contribution < -0.4 is 21.3 Å². The highest BCUT2D eigenvalue weighted by Crippen LogP contribution is 2.36. The first-order valence-electron chi connectivity index (χ1n) is 12.9. The van der Waals surface area contributed by atoms with Gasteiger partial charge in [0.2, 0.25) is 0 Å². The number of carbonyl (C=O) groups is 2. The Labute approximate surface area is 237 Å². The largest absolute Gasteiger partial charge is 0.320 e. The molecule has 206 valence electrons. The van der Waals surface area contributed by atoms with Gasteiger partial charge in [-0.15, -0.1) is 22.7 Å². The van der Waals surface area contributed by atoms with E-state index in [2.05, 4.69) is 31.2 Å². The van der Waals surface area contributed by atoms with Crippen molar-refractivity contribution >= 4 is 45.9 Å². The molecule has 0 bridgehead atoms. The first-order valence-corrected chi connectivity index (χ1v) is 14.5. The van der Waals surface area contributed by atoms with Crippen molar-refractivity contribution < 1.29 is 18.4 Å². The number of amides is 2. The summed E-state index contributed by atoms with van der Waals surface area (Å²) in [7, 11) is 0.